The van der Waals surface area contributed by atoms with Gasteiger partial charge in [-0.15, -0.1) is 0 Å². The van der Waals surface area contributed by atoms with Gasteiger partial charge in [-0.2, -0.15) is 0 Å². The van der Waals surface area contributed by atoms with Gasteiger partial charge in [0.25, 0.3) is 5.54 Å². The molecule has 1 saturated heterocycles. The highest BCUT2D eigenvalue weighted by atomic mass is 16.6. The van der Waals surface area contributed by atoms with E-state index in [0.29, 0.717) is 6.54 Å². The molecule has 1 aliphatic carbocycles. The molecule has 1 aromatic rings. The van der Waals surface area contributed by atoms with E-state index in [0.717, 1.165) is 24.1 Å². The van der Waals surface area contributed by atoms with Crippen LogP contribution < -0.4 is 4.90 Å². The Kier molecular flexibility index (Phi) is 3.82. The molecule has 1 saturated carbocycles. The van der Waals surface area contributed by atoms with Crippen molar-refractivity contribution in [2.75, 3.05) is 18.1 Å². The number of ether oxygens (including phenoxy) is 2. The molecule has 0 aromatic heterocycles. The number of amides is 1. The maximum Gasteiger partial charge on any atom is 0.414 e. The van der Waals surface area contributed by atoms with Crippen molar-refractivity contribution >= 4 is 17.7 Å². The van der Waals surface area contributed by atoms with E-state index in [-0.39, 0.29) is 18.0 Å². The number of hydrogen-bond acceptors (Lipinski definition) is 5. The summed E-state index contributed by atoms with van der Waals surface area (Å²) in [7, 11) is 0. The van der Waals surface area contributed by atoms with Gasteiger partial charge in [0.1, 0.15) is 6.61 Å². The second kappa shape index (κ2) is 5.80. The van der Waals surface area contributed by atoms with Crippen LogP contribution in [0, 0.1) is 6.57 Å². The van der Waals surface area contributed by atoms with Gasteiger partial charge in [-0.3, -0.25) is 4.90 Å². The molecule has 7 nitrogen and oxygen atoms in total. The maximum absolute atomic E-state index is 12.0. The summed E-state index contributed by atoms with van der Waals surface area (Å²) in [5.41, 5.74) is 1.38. The zero-order valence-electron chi connectivity index (χ0n) is 12.7. The minimum atomic E-state index is -0.434. The van der Waals surface area contributed by atoms with Gasteiger partial charge in [-0.1, -0.05) is 5.16 Å². The highest BCUT2D eigenvalue weighted by Crippen LogP contribution is 2.49. The number of rotatable bonds is 4. The van der Waals surface area contributed by atoms with Crippen LogP contribution in [0.3, 0.4) is 0 Å². The zero-order chi connectivity index (χ0) is 16.4. The molecule has 0 radical (unpaired) electrons. The topological polar surface area (TPSA) is 75.7 Å². The van der Waals surface area contributed by atoms with E-state index in [4.69, 9.17) is 21.3 Å². The number of cyclic esters (lactones) is 1. The van der Waals surface area contributed by atoms with Crippen LogP contribution >= 0.6 is 0 Å². The van der Waals surface area contributed by atoms with Crippen LogP contribution in [0.5, 0.6) is 0 Å². The molecule has 1 heterocycles. The molecule has 7 heteroatoms. The number of oxime groups is 1. The van der Waals surface area contributed by atoms with Gasteiger partial charge in [-0.05, 0) is 24.3 Å². The predicted octanol–water partition coefficient (Wildman–Crippen LogP) is 2.74. The van der Waals surface area contributed by atoms with Crippen molar-refractivity contribution in [1.82, 2.24) is 0 Å². The fourth-order valence-corrected chi connectivity index (χ4v) is 2.60. The summed E-state index contributed by atoms with van der Waals surface area (Å²) in [5.74, 6) is 0.123. The second-order valence-corrected chi connectivity index (χ2v) is 5.74. The molecule has 2 fully saturated rings. The first-order chi connectivity index (χ1) is 11.1. The lowest BCUT2D eigenvalue weighted by Crippen LogP contribution is -2.26. The van der Waals surface area contributed by atoms with Crippen molar-refractivity contribution in [2.24, 2.45) is 5.16 Å². The molecule has 0 bridgehead atoms. The molecule has 0 unspecified atom stereocenters. The summed E-state index contributed by atoms with van der Waals surface area (Å²) >= 11 is 0. The van der Waals surface area contributed by atoms with E-state index >= 15 is 0 Å². The molecule has 1 atom stereocenters. The van der Waals surface area contributed by atoms with Crippen LogP contribution in [-0.4, -0.2) is 36.5 Å². The second-order valence-electron chi connectivity index (χ2n) is 5.74. The fourth-order valence-electron chi connectivity index (χ4n) is 2.60. The fraction of sp³-hybridized carbons (Fsp3) is 0.438. The minimum absolute atomic E-state index is 0.123. The third kappa shape index (κ3) is 2.93. The van der Waals surface area contributed by atoms with E-state index in [1.54, 1.807) is 0 Å². The van der Waals surface area contributed by atoms with E-state index in [1.807, 2.05) is 24.3 Å². The quantitative estimate of drug-likeness (QED) is 0.305. The normalized spacial score (nSPS) is 22.4. The Labute approximate surface area is 133 Å². The van der Waals surface area contributed by atoms with E-state index in [9.17, 15) is 4.79 Å². The Morgan fingerprint density at radius 3 is 2.78 bits per heavy atom. The first-order valence-electron chi connectivity index (χ1n) is 7.37. The van der Waals surface area contributed by atoms with Crippen LogP contribution in [0.15, 0.2) is 29.4 Å². The predicted molar refractivity (Wildman–Crippen MR) is 82.4 cm³/mol. The molecule has 1 N–H and O–H groups in total. The van der Waals surface area contributed by atoms with Gasteiger partial charge in [0, 0.05) is 31.0 Å². The number of anilines is 1. The number of carbonyl (C=O) groups is 1. The molecule has 1 amide bonds. The molecule has 2 aliphatic rings. The van der Waals surface area contributed by atoms with Crippen LogP contribution in [-0.2, 0) is 15.0 Å². The van der Waals surface area contributed by atoms with Gasteiger partial charge in [0.05, 0.1) is 6.54 Å². The van der Waals surface area contributed by atoms with Gasteiger partial charge in [0.2, 0.25) is 5.90 Å². The maximum atomic E-state index is 12.0. The number of hydrogen-bond donors (Lipinski definition) is 1. The lowest BCUT2D eigenvalue weighted by molar-refractivity contribution is 0.0980. The Morgan fingerprint density at radius 1 is 1.52 bits per heavy atom. The summed E-state index contributed by atoms with van der Waals surface area (Å²) in [4.78, 5) is 17.2. The molecular weight excluding hydrogens is 298 g/mol. The van der Waals surface area contributed by atoms with Crippen molar-refractivity contribution in [2.45, 2.75) is 31.4 Å². The number of benzene rings is 1. The van der Waals surface area contributed by atoms with E-state index in [1.165, 1.54) is 11.8 Å². The average molecular weight is 315 g/mol. The highest BCUT2D eigenvalue weighted by Gasteiger charge is 2.52. The Morgan fingerprint density at radius 2 is 2.22 bits per heavy atom. The summed E-state index contributed by atoms with van der Waals surface area (Å²) in [6.45, 7) is 9.29. The average Bonchev–Trinajstić information content (AvgIpc) is 3.30. The van der Waals surface area contributed by atoms with Gasteiger partial charge in [0.15, 0.2) is 6.10 Å². The SMILES string of the molecule is [C-]#[N+]C1(c2ccc(N3C[C@H](CO/C(C)=N/O)OC3=O)cc2)CC1. The van der Waals surface area contributed by atoms with Crippen molar-refractivity contribution in [3.05, 3.63) is 41.2 Å². The van der Waals surface area contributed by atoms with E-state index < -0.39 is 12.2 Å². The minimum Gasteiger partial charge on any atom is -0.475 e. The molecular formula is C16H17N3O4. The van der Waals surface area contributed by atoms with Gasteiger partial charge in [-0.25, -0.2) is 11.4 Å². The van der Waals surface area contributed by atoms with E-state index in [2.05, 4.69) is 10.0 Å². The van der Waals surface area contributed by atoms with Crippen molar-refractivity contribution in [3.8, 4) is 0 Å². The van der Waals surface area contributed by atoms with Crippen LogP contribution in [0.1, 0.15) is 25.3 Å². The number of nitrogens with zero attached hydrogens (tertiary/aromatic N) is 3. The molecule has 0 spiro atoms. The van der Waals surface area contributed by atoms with Crippen molar-refractivity contribution in [3.63, 3.8) is 0 Å². The Balaban J connectivity index is 1.65. The Hall–Kier alpha value is -2.75. The lowest BCUT2D eigenvalue weighted by Gasteiger charge is -2.14. The molecule has 1 aromatic carbocycles. The third-order valence-corrected chi connectivity index (χ3v) is 4.15. The van der Waals surface area contributed by atoms with Crippen LogP contribution in [0.4, 0.5) is 10.5 Å². The van der Waals surface area contributed by atoms with Gasteiger partial charge < -0.3 is 19.5 Å². The molecule has 120 valence electrons. The first kappa shape index (κ1) is 15.2. The number of carbonyl (C=O) groups excluding carboxylic acids is 1. The lowest BCUT2D eigenvalue weighted by atomic mass is 10.1. The molecule has 3 rings (SSSR count). The summed E-state index contributed by atoms with van der Waals surface area (Å²) in [5, 5.41) is 11.4. The summed E-state index contributed by atoms with van der Waals surface area (Å²) in [6, 6.07) is 7.48. The third-order valence-electron chi connectivity index (χ3n) is 4.15. The monoisotopic (exact) mass is 315 g/mol. The largest absolute Gasteiger partial charge is 0.475 e. The summed E-state index contributed by atoms with van der Waals surface area (Å²) < 4.78 is 10.4. The van der Waals surface area contributed by atoms with Crippen LogP contribution in [0.2, 0.25) is 0 Å². The summed E-state index contributed by atoms with van der Waals surface area (Å²) in [6.07, 6.45) is 0.938. The first-order valence-corrected chi connectivity index (χ1v) is 7.37. The van der Waals surface area contributed by atoms with Gasteiger partial charge >= 0.3 is 6.09 Å². The van der Waals surface area contributed by atoms with Crippen molar-refractivity contribution < 1.29 is 19.5 Å². The van der Waals surface area contributed by atoms with Crippen LogP contribution in [0.25, 0.3) is 4.85 Å². The molecule has 1 aliphatic heterocycles. The standard InChI is InChI=1S/C16H17N3O4/c1-11(18-21)22-10-14-9-19(15(20)23-14)13-5-3-12(4-6-13)16(17-2)7-8-16/h3-6,14,21H,7-10H2,1H3/b18-11+/t14-/m1/s1. The smallest absolute Gasteiger partial charge is 0.414 e. The molecule has 23 heavy (non-hydrogen) atoms. The van der Waals surface area contributed by atoms with Crippen molar-refractivity contribution in [1.29, 1.82) is 0 Å². The Bertz CT molecular complexity index is 674. The highest BCUT2D eigenvalue weighted by molar-refractivity contribution is 5.89. The zero-order valence-corrected chi connectivity index (χ0v) is 12.7.